The minimum absolute atomic E-state index is 0.189. The van der Waals surface area contributed by atoms with Crippen LogP contribution in [0.15, 0.2) is 40.5 Å². The van der Waals surface area contributed by atoms with Crippen molar-refractivity contribution in [2.75, 3.05) is 13.2 Å². The molecule has 2 N–H and O–H groups in total. The molecule has 0 radical (unpaired) electrons. The number of rotatable bonds is 6. The Morgan fingerprint density at radius 3 is 2.37 bits per heavy atom. The van der Waals surface area contributed by atoms with Gasteiger partial charge < -0.3 is 15.2 Å². The molecule has 1 aliphatic heterocycles. The molecule has 0 aromatic heterocycles. The molecule has 2 unspecified atom stereocenters. The summed E-state index contributed by atoms with van der Waals surface area (Å²) in [6, 6.07) is 7.22. The number of benzene rings is 1. The third-order valence-corrected chi connectivity index (χ3v) is 4.65. The number of esters is 2. The summed E-state index contributed by atoms with van der Waals surface area (Å²) in [5, 5.41) is 0. The van der Waals surface area contributed by atoms with Gasteiger partial charge in [-0.2, -0.15) is 0 Å². The molecule has 0 amide bonds. The van der Waals surface area contributed by atoms with Crippen molar-refractivity contribution in [3.63, 3.8) is 0 Å². The number of allylic oxidation sites excluding steroid dienone is 1. The summed E-state index contributed by atoms with van der Waals surface area (Å²) >= 11 is 5.19. The molecule has 0 spiro atoms. The van der Waals surface area contributed by atoms with Crippen LogP contribution in [-0.2, 0) is 19.1 Å². The second kappa shape index (κ2) is 8.90. The molecule has 0 saturated carbocycles. The summed E-state index contributed by atoms with van der Waals surface area (Å²) in [6.07, 6.45) is 0. The monoisotopic (exact) mass is 388 g/mol. The molecule has 2 rings (SSSR count). The molecule has 0 fully saturated rings. The zero-order valence-electron chi connectivity index (χ0n) is 15.9. The third-order valence-electron chi connectivity index (χ3n) is 4.43. The number of carbonyl (C=O) groups excluding carboxylic acids is 2. The quantitative estimate of drug-likeness (QED) is 0.595. The molecule has 0 aliphatic carbocycles. The van der Waals surface area contributed by atoms with Crippen LogP contribution in [0.1, 0.15) is 44.7 Å². The van der Waals surface area contributed by atoms with E-state index in [-0.39, 0.29) is 18.2 Å². The lowest BCUT2D eigenvalue weighted by Gasteiger charge is -2.32. The molecule has 7 heteroatoms. The van der Waals surface area contributed by atoms with E-state index < -0.39 is 23.8 Å². The van der Waals surface area contributed by atoms with Gasteiger partial charge in [-0.05, 0) is 33.3 Å². The number of hydrogen-bond acceptors (Lipinski definition) is 6. The summed E-state index contributed by atoms with van der Waals surface area (Å²) in [5.41, 5.74) is 8.59. The maximum atomic E-state index is 12.8. The second-order valence-electron chi connectivity index (χ2n) is 6.13. The van der Waals surface area contributed by atoms with E-state index >= 15 is 0 Å². The minimum Gasteiger partial charge on any atom is -0.465 e. The smallest absolute Gasteiger partial charge is 0.336 e. The standard InChI is InChI=1S/C20H24N2O4S/c1-5-25-19(23)15-11(3)22-12(4)16(20(24)26-6-2)17(15)13-9-7-8-10-14(13)18(21)27/h7-10,15,17H,5-6H2,1-4H3,(H2,21,27). The molecule has 27 heavy (non-hydrogen) atoms. The Labute approximate surface area is 164 Å². The molecule has 1 aromatic rings. The SMILES string of the molecule is CCOC(=O)C1=C(C)N=C(C)C(C(=O)OCC)C1c1ccccc1C(N)=S. The molecular formula is C20H24N2O4S. The van der Waals surface area contributed by atoms with Crippen LogP contribution in [0.3, 0.4) is 0 Å². The fourth-order valence-corrected chi connectivity index (χ4v) is 3.56. The first kappa shape index (κ1) is 20.8. The van der Waals surface area contributed by atoms with Gasteiger partial charge in [-0.3, -0.25) is 9.79 Å². The molecule has 0 bridgehead atoms. The Balaban J connectivity index is 2.74. The molecule has 6 nitrogen and oxygen atoms in total. The number of nitrogens with zero attached hydrogens (tertiary/aromatic N) is 1. The van der Waals surface area contributed by atoms with E-state index in [2.05, 4.69) is 4.99 Å². The minimum atomic E-state index is -0.761. The number of aliphatic imine (C=N–C) groups is 1. The van der Waals surface area contributed by atoms with Gasteiger partial charge in [0.1, 0.15) is 10.9 Å². The first-order chi connectivity index (χ1) is 12.8. The summed E-state index contributed by atoms with van der Waals surface area (Å²) < 4.78 is 10.5. The number of carbonyl (C=O) groups is 2. The predicted molar refractivity (Wildman–Crippen MR) is 108 cm³/mol. The molecule has 1 aromatic carbocycles. The van der Waals surface area contributed by atoms with Crippen LogP contribution < -0.4 is 5.73 Å². The maximum absolute atomic E-state index is 12.8. The normalized spacial score (nSPS) is 19.3. The van der Waals surface area contributed by atoms with Crippen molar-refractivity contribution < 1.29 is 19.1 Å². The van der Waals surface area contributed by atoms with Gasteiger partial charge in [-0.25, -0.2) is 4.79 Å². The van der Waals surface area contributed by atoms with Crippen LogP contribution in [0, 0.1) is 5.92 Å². The van der Waals surface area contributed by atoms with Crippen LogP contribution in [0.2, 0.25) is 0 Å². The third kappa shape index (κ3) is 4.24. The molecule has 2 atom stereocenters. The van der Waals surface area contributed by atoms with Crippen LogP contribution in [0.4, 0.5) is 0 Å². The summed E-state index contributed by atoms with van der Waals surface area (Å²) in [7, 11) is 0. The van der Waals surface area contributed by atoms with Gasteiger partial charge in [0, 0.05) is 22.9 Å². The van der Waals surface area contributed by atoms with Gasteiger partial charge in [-0.1, -0.05) is 36.5 Å². The van der Waals surface area contributed by atoms with Crippen molar-refractivity contribution in [1.82, 2.24) is 0 Å². The predicted octanol–water partition coefficient (Wildman–Crippen LogP) is 2.90. The highest BCUT2D eigenvalue weighted by Crippen LogP contribution is 2.41. The highest BCUT2D eigenvalue weighted by atomic mass is 32.1. The van der Waals surface area contributed by atoms with E-state index in [0.29, 0.717) is 28.1 Å². The highest BCUT2D eigenvalue weighted by molar-refractivity contribution is 7.80. The van der Waals surface area contributed by atoms with Gasteiger partial charge in [0.15, 0.2) is 0 Å². The van der Waals surface area contributed by atoms with Gasteiger partial charge in [0.25, 0.3) is 0 Å². The molecule has 0 saturated heterocycles. The van der Waals surface area contributed by atoms with Crippen molar-refractivity contribution in [2.24, 2.45) is 16.6 Å². The lowest BCUT2D eigenvalue weighted by molar-refractivity contribution is -0.146. The average molecular weight is 388 g/mol. The van der Waals surface area contributed by atoms with Crippen LogP contribution in [-0.4, -0.2) is 35.9 Å². The van der Waals surface area contributed by atoms with E-state index in [4.69, 9.17) is 27.4 Å². The van der Waals surface area contributed by atoms with Crippen molar-refractivity contribution in [3.8, 4) is 0 Å². The fraction of sp³-hybridized carbons (Fsp3) is 0.400. The lowest BCUT2D eigenvalue weighted by Crippen LogP contribution is -2.37. The molecule has 1 heterocycles. The number of thiocarbonyl (C=S) groups is 1. The van der Waals surface area contributed by atoms with E-state index in [1.807, 2.05) is 18.2 Å². The first-order valence-corrected chi connectivity index (χ1v) is 9.22. The Morgan fingerprint density at radius 1 is 1.15 bits per heavy atom. The van der Waals surface area contributed by atoms with Gasteiger partial charge in [0.05, 0.1) is 18.8 Å². The summed E-state index contributed by atoms with van der Waals surface area (Å²) in [4.78, 5) is 30.1. The van der Waals surface area contributed by atoms with Gasteiger partial charge >= 0.3 is 11.9 Å². The van der Waals surface area contributed by atoms with Crippen molar-refractivity contribution in [3.05, 3.63) is 46.7 Å². The van der Waals surface area contributed by atoms with Crippen LogP contribution in [0.25, 0.3) is 0 Å². The number of ether oxygens (including phenoxy) is 2. The van der Waals surface area contributed by atoms with Crippen LogP contribution >= 0.6 is 12.2 Å². The Kier molecular flexibility index (Phi) is 6.85. The van der Waals surface area contributed by atoms with Gasteiger partial charge in [0.2, 0.25) is 0 Å². The topological polar surface area (TPSA) is 91.0 Å². The number of nitrogens with two attached hydrogens (primary N) is 1. The van der Waals surface area contributed by atoms with Crippen molar-refractivity contribution >= 4 is 34.9 Å². The maximum Gasteiger partial charge on any atom is 0.336 e. The Morgan fingerprint density at radius 2 is 1.78 bits per heavy atom. The van der Waals surface area contributed by atoms with E-state index in [0.717, 1.165) is 0 Å². The molecular weight excluding hydrogens is 364 g/mol. The highest BCUT2D eigenvalue weighted by Gasteiger charge is 2.43. The zero-order chi connectivity index (χ0) is 20.1. The summed E-state index contributed by atoms with van der Waals surface area (Å²) in [5.74, 6) is -2.36. The second-order valence-corrected chi connectivity index (χ2v) is 6.57. The molecule has 144 valence electrons. The lowest BCUT2D eigenvalue weighted by atomic mass is 9.74. The van der Waals surface area contributed by atoms with Crippen molar-refractivity contribution in [2.45, 2.75) is 33.6 Å². The fourth-order valence-electron chi connectivity index (χ4n) is 3.38. The van der Waals surface area contributed by atoms with E-state index in [9.17, 15) is 9.59 Å². The Hall–Kier alpha value is -2.54. The number of hydrogen-bond donors (Lipinski definition) is 1. The largest absolute Gasteiger partial charge is 0.465 e. The first-order valence-electron chi connectivity index (χ1n) is 8.81. The Bertz CT molecular complexity index is 829. The van der Waals surface area contributed by atoms with E-state index in [1.165, 1.54) is 0 Å². The average Bonchev–Trinajstić information content (AvgIpc) is 2.61. The van der Waals surface area contributed by atoms with E-state index in [1.54, 1.807) is 33.8 Å². The zero-order valence-corrected chi connectivity index (χ0v) is 16.8. The summed E-state index contributed by atoms with van der Waals surface area (Å²) in [6.45, 7) is 7.39. The van der Waals surface area contributed by atoms with Gasteiger partial charge in [-0.15, -0.1) is 0 Å². The van der Waals surface area contributed by atoms with Crippen molar-refractivity contribution in [1.29, 1.82) is 0 Å². The van der Waals surface area contributed by atoms with Crippen LogP contribution in [0.5, 0.6) is 0 Å². The molecule has 1 aliphatic rings.